The van der Waals surface area contributed by atoms with Crippen LogP contribution in [0.15, 0.2) is 36.4 Å². The van der Waals surface area contributed by atoms with Gasteiger partial charge in [-0.1, -0.05) is 12.1 Å². The molecular weight excluding hydrogens is 268 g/mol. The van der Waals surface area contributed by atoms with Crippen LogP contribution in [-0.2, 0) is 0 Å². The third-order valence-electron chi connectivity index (χ3n) is 3.26. The molecule has 0 aliphatic heterocycles. The number of carbonyl (C=O) groups is 1. The monoisotopic (exact) mass is 284 g/mol. The lowest BCUT2D eigenvalue weighted by molar-refractivity contribution is -0.383. The predicted molar refractivity (Wildman–Crippen MR) is 82.3 cm³/mol. The molecule has 0 saturated carbocycles. The van der Waals surface area contributed by atoms with Gasteiger partial charge in [0.05, 0.1) is 4.92 Å². The van der Waals surface area contributed by atoms with Crippen LogP contribution in [-0.4, -0.2) is 10.7 Å². The first-order chi connectivity index (χ1) is 9.88. The molecule has 2 aromatic carbocycles. The summed E-state index contributed by atoms with van der Waals surface area (Å²) < 4.78 is 0. The summed E-state index contributed by atoms with van der Waals surface area (Å²) in [5, 5.41) is 14.3. The van der Waals surface area contributed by atoms with E-state index in [1.807, 2.05) is 32.0 Å². The van der Waals surface area contributed by atoms with Crippen LogP contribution >= 0.6 is 0 Å². The van der Waals surface area contributed by atoms with Gasteiger partial charge in [0.15, 0.2) is 5.78 Å². The number of nitro benzene ring substituents is 1. The molecule has 5 nitrogen and oxygen atoms in total. The molecule has 0 aliphatic carbocycles. The number of nitro groups is 1. The Morgan fingerprint density at radius 3 is 2.43 bits per heavy atom. The fraction of sp³-hybridized carbons (Fsp3) is 0.188. The second-order valence-corrected chi connectivity index (χ2v) is 4.99. The van der Waals surface area contributed by atoms with Crippen molar-refractivity contribution in [2.75, 3.05) is 5.32 Å². The van der Waals surface area contributed by atoms with Crippen LogP contribution in [0.4, 0.5) is 17.1 Å². The summed E-state index contributed by atoms with van der Waals surface area (Å²) in [6.45, 7) is 5.27. The fourth-order valence-electron chi connectivity index (χ4n) is 2.02. The van der Waals surface area contributed by atoms with Crippen LogP contribution < -0.4 is 5.32 Å². The quantitative estimate of drug-likeness (QED) is 0.520. The highest BCUT2D eigenvalue weighted by atomic mass is 16.6. The first-order valence-corrected chi connectivity index (χ1v) is 6.52. The van der Waals surface area contributed by atoms with Gasteiger partial charge in [-0.25, -0.2) is 0 Å². The van der Waals surface area contributed by atoms with Crippen molar-refractivity contribution in [1.29, 1.82) is 0 Å². The van der Waals surface area contributed by atoms with E-state index in [0.29, 0.717) is 11.3 Å². The summed E-state index contributed by atoms with van der Waals surface area (Å²) in [4.78, 5) is 22.1. The summed E-state index contributed by atoms with van der Waals surface area (Å²) >= 11 is 0. The summed E-state index contributed by atoms with van der Waals surface area (Å²) in [5.41, 5.74) is 3.46. The van der Waals surface area contributed by atoms with Gasteiger partial charge in [0, 0.05) is 17.3 Å². The van der Waals surface area contributed by atoms with Crippen molar-refractivity contribution >= 4 is 22.8 Å². The number of benzene rings is 2. The van der Waals surface area contributed by atoms with E-state index in [-0.39, 0.29) is 11.5 Å². The first kappa shape index (κ1) is 14.7. The zero-order valence-corrected chi connectivity index (χ0v) is 12.1. The molecule has 21 heavy (non-hydrogen) atoms. The van der Waals surface area contributed by atoms with Gasteiger partial charge >= 0.3 is 0 Å². The number of hydrogen-bond acceptors (Lipinski definition) is 4. The maximum atomic E-state index is 11.3. The van der Waals surface area contributed by atoms with Gasteiger partial charge in [-0.15, -0.1) is 0 Å². The van der Waals surface area contributed by atoms with Gasteiger partial charge in [-0.2, -0.15) is 0 Å². The largest absolute Gasteiger partial charge is 0.350 e. The van der Waals surface area contributed by atoms with E-state index in [2.05, 4.69) is 5.32 Å². The molecule has 0 aliphatic rings. The molecule has 5 heteroatoms. The van der Waals surface area contributed by atoms with Gasteiger partial charge in [0.1, 0.15) is 5.69 Å². The van der Waals surface area contributed by atoms with Crippen LogP contribution in [0.1, 0.15) is 28.4 Å². The fourth-order valence-corrected chi connectivity index (χ4v) is 2.02. The Morgan fingerprint density at radius 2 is 1.81 bits per heavy atom. The van der Waals surface area contributed by atoms with Crippen molar-refractivity contribution in [3.63, 3.8) is 0 Å². The molecule has 0 fully saturated rings. The first-order valence-electron chi connectivity index (χ1n) is 6.52. The molecule has 0 bridgehead atoms. The number of anilines is 2. The van der Waals surface area contributed by atoms with E-state index >= 15 is 0 Å². The number of ketones is 1. The number of hydrogen-bond donors (Lipinski definition) is 1. The third kappa shape index (κ3) is 3.25. The Hall–Kier alpha value is -2.69. The third-order valence-corrected chi connectivity index (χ3v) is 3.26. The lowest BCUT2D eigenvalue weighted by atomic mass is 10.1. The van der Waals surface area contributed by atoms with E-state index in [0.717, 1.165) is 16.8 Å². The molecule has 1 N–H and O–H groups in total. The SMILES string of the molecule is CC(=O)c1ccc(Nc2cc(C)ccc2C)c([N+](=O)[O-])c1. The Bertz CT molecular complexity index is 723. The lowest BCUT2D eigenvalue weighted by Gasteiger charge is -2.11. The molecule has 0 heterocycles. The van der Waals surface area contributed by atoms with Gasteiger partial charge in [0.2, 0.25) is 0 Å². The lowest BCUT2D eigenvalue weighted by Crippen LogP contribution is -2.01. The van der Waals surface area contributed by atoms with E-state index < -0.39 is 4.92 Å². The Labute approximate surface area is 122 Å². The molecule has 0 spiro atoms. The predicted octanol–water partition coefficient (Wildman–Crippen LogP) is 4.16. The average molecular weight is 284 g/mol. The van der Waals surface area contributed by atoms with Crippen molar-refractivity contribution in [3.8, 4) is 0 Å². The van der Waals surface area contributed by atoms with E-state index in [1.54, 1.807) is 12.1 Å². The van der Waals surface area contributed by atoms with Crippen molar-refractivity contribution in [2.45, 2.75) is 20.8 Å². The highest BCUT2D eigenvalue weighted by Gasteiger charge is 2.16. The summed E-state index contributed by atoms with van der Waals surface area (Å²) in [7, 11) is 0. The molecule has 0 atom stereocenters. The number of carbonyl (C=O) groups excluding carboxylic acids is 1. The Morgan fingerprint density at radius 1 is 1.10 bits per heavy atom. The van der Waals surface area contributed by atoms with Crippen molar-refractivity contribution in [1.82, 2.24) is 0 Å². The van der Waals surface area contributed by atoms with Gasteiger partial charge in [-0.3, -0.25) is 14.9 Å². The van der Waals surface area contributed by atoms with Crippen LogP contribution in [0.2, 0.25) is 0 Å². The van der Waals surface area contributed by atoms with E-state index in [9.17, 15) is 14.9 Å². The van der Waals surface area contributed by atoms with Crippen LogP contribution in [0.3, 0.4) is 0 Å². The standard InChI is InChI=1S/C16H16N2O3/c1-10-4-5-11(2)15(8-10)17-14-7-6-13(12(3)19)9-16(14)18(20)21/h4-9,17H,1-3H3. The summed E-state index contributed by atoms with van der Waals surface area (Å²) in [6.07, 6.45) is 0. The normalized spacial score (nSPS) is 10.2. The molecular formula is C16H16N2O3. The Kier molecular flexibility index (Phi) is 4.03. The number of rotatable bonds is 4. The zero-order chi connectivity index (χ0) is 15.6. The van der Waals surface area contributed by atoms with Crippen molar-refractivity contribution in [2.24, 2.45) is 0 Å². The second kappa shape index (κ2) is 5.75. The molecule has 2 rings (SSSR count). The maximum Gasteiger partial charge on any atom is 0.293 e. The topological polar surface area (TPSA) is 72.2 Å². The van der Waals surface area contributed by atoms with Crippen LogP contribution in [0.5, 0.6) is 0 Å². The highest BCUT2D eigenvalue weighted by molar-refractivity contribution is 5.95. The molecule has 2 aromatic rings. The highest BCUT2D eigenvalue weighted by Crippen LogP contribution is 2.30. The average Bonchev–Trinajstić information content (AvgIpc) is 2.42. The molecule has 0 radical (unpaired) electrons. The smallest absolute Gasteiger partial charge is 0.293 e. The van der Waals surface area contributed by atoms with Crippen molar-refractivity contribution < 1.29 is 9.72 Å². The van der Waals surface area contributed by atoms with Gasteiger partial charge < -0.3 is 5.32 Å². The number of aryl methyl sites for hydroxylation is 2. The minimum Gasteiger partial charge on any atom is -0.350 e. The molecule has 108 valence electrons. The Balaban J connectivity index is 2.46. The van der Waals surface area contributed by atoms with Crippen molar-refractivity contribution in [3.05, 3.63) is 63.2 Å². The van der Waals surface area contributed by atoms with Gasteiger partial charge in [0.25, 0.3) is 5.69 Å². The molecule has 0 aromatic heterocycles. The molecule has 0 unspecified atom stereocenters. The van der Waals surface area contributed by atoms with Crippen LogP contribution in [0, 0.1) is 24.0 Å². The molecule has 0 saturated heterocycles. The second-order valence-electron chi connectivity index (χ2n) is 4.99. The minimum absolute atomic E-state index is 0.108. The van der Waals surface area contributed by atoms with Crippen LogP contribution in [0.25, 0.3) is 0 Å². The number of nitrogens with one attached hydrogen (secondary N) is 1. The maximum absolute atomic E-state index is 11.3. The number of Topliss-reactive ketones (excluding diaryl/α,β-unsaturated/α-hetero) is 1. The number of nitrogens with zero attached hydrogens (tertiary/aromatic N) is 1. The summed E-state index contributed by atoms with van der Waals surface area (Å²) in [6, 6.07) is 10.3. The minimum atomic E-state index is -0.486. The van der Waals surface area contributed by atoms with Gasteiger partial charge in [-0.05, 0) is 50.1 Å². The molecule has 0 amide bonds. The summed E-state index contributed by atoms with van der Waals surface area (Å²) in [5.74, 6) is -0.198. The zero-order valence-electron chi connectivity index (χ0n) is 12.1. The van der Waals surface area contributed by atoms with E-state index in [4.69, 9.17) is 0 Å². The van der Waals surface area contributed by atoms with E-state index in [1.165, 1.54) is 13.0 Å².